The zero-order valence-electron chi connectivity index (χ0n) is 12.6. The van der Waals surface area contributed by atoms with Crippen LogP contribution in [-0.2, 0) is 5.54 Å². The normalized spacial score (nSPS) is 34.0. The van der Waals surface area contributed by atoms with Gasteiger partial charge in [0.05, 0.1) is 6.04 Å². The first-order chi connectivity index (χ1) is 10.9. The Hall–Kier alpha value is -1.96. The molecule has 22 heavy (non-hydrogen) atoms. The molecule has 0 saturated heterocycles. The summed E-state index contributed by atoms with van der Waals surface area (Å²) in [5.41, 5.74) is 2.36. The highest BCUT2D eigenvalue weighted by Gasteiger charge is 2.61. The standard InChI is InChI=1S/C20H20N2/c1-3-7-16(8-4-1)20(17-9-5-2-6-10-17)18-14-11-12-15(13-14)19(18)21-22-20/h1-10,14-15,18-19H,11-13H2/t14-,15-,18+,19-/m0/s1. The molecule has 2 aromatic rings. The van der Waals surface area contributed by atoms with E-state index in [1.54, 1.807) is 0 Å². The second-order valence-electron chi connectivity index (χ2n) is 7.06. The number of rotatable bonds is 2. The molecular formula is C20H20N2. The van der Waals surface area contributed by atoms with Crippen LogP contribution >= 0.6 is 0 Å². The minimum Gasteiger partial charge on any atom is -0.189 e. The van der Waals surface area contributed by atoms with Gasteiger partial charge in [-0.25, -0.2) is 0 Å². The predicted molar refractivity (Wildman–Crippen MR) is 86.6 cm³/mol. The molecule has 1 heterocycles. The summed E-state index contributed by atoms with van der Waals surface area (Å²) in [7, 11) is 0. The van der Waals surface area contributed by atoms with Crippen molar-refractivity contribution < 1.29 is 0 Å². The highest BCUT2D eigenvalue weighted by molar-refractivity contribution is 5.42. The molecule has 110 valence electrons. The second-order valence-corrected chi connectivity index (χ2v) is 7.06. The molecule has 2 aromatic carbocycles. The smallest absolute Gasteiger partial charge is 0.136 e. The lowest BCUT2D eigenvalue weighted by Crippen LogP contribution is -2.39. The molecule has 2 heteroatoms. The Kier molecular flexibility index (Phi) is 2.58. The summed E-state index contributed by atoms with van der Waals surface area (Å²) in [5.74, 6) is 2.11. The van der Waals surface area contributed by atoms with Gasteiger partial charge in [0.2, 0.25) is 0 Å². The van der Waals surface area contributed by atoms with Gasteiger partial charge in [-0.3, -0.25) is 0 Å². The first-order valence-corrected chi connectivity index (χ1v) is 8.42. The average Bonchev–Trinajstić information content (AvgIpc) is 3.29. The Morgan fingerprint density at radius 2 is 1.36 bits per heavy atom. The summed E-state index contributed by atoms with van der Waals surface area (Å²) in [6, 6.07) is 22.1. The van der Waals surface area contributed by atoms with Crippen LogP contribution in [0.2, 0.25) is 0 Å². The van der Waals surface area contributed by atoms with Crippen LogP contribution in [0.5, 0.6) is 0 Å². The van der Waals surface area contributed by atoms with Crippen molar-refractivity contribution in [2.75, 3.05) is 0 Å². The molecule has 4 atom stereocenters. The van der Waals surface area contributed by atoms with Crippen molar-refractivity contribution in [3.63, 3.8) is 0 Å². The van der Waals surface area contributed by atoms with Crippen molar-refractivity contribution in [2.45, 2.75) is 30.8 Å². The third kappa shape index (κ3) is 1.50. The van der Waals surface area contributed by atoms with Gasteiger partial charge >= 0.3 is 0 Å². The van der Waals surface area contributed by atoms with Gasteiger partial charge in [-0.1, -0.05) is 60.7 Å². The number of benzene rings is 2. The molecule has 2 fully saturated rings. The Morgan fingerprint density at radius 1 is 0.773 bits per heavy atom. The van der Waals surface area contributed by atoms with Gasteiger partial charge in [-0.2, -0.15) is 10.2 Å². The van der Waals surface area contributed by atoms with Crippen molar-refractivity contribution in [2.24, 2.45) is 28.0 Å². The molecule has 0 N–H and O–H groups in total. The van der Waals surface area contributed by atoms with Gasteiger partial charge in [-0.05, 0) is 42.2 Å². The van der Waals surface area contributed by atoms with Crippen LogP contribution in [0.15, 0.2) is 70.9 Å². The molecule has 1 aliphatic heterocycles. The number of hydrogen-bond acceptors (Lipinski definition) is 2. The highest BCUT2D eigenvalue weighted by atomic mass is 15.2. The minimum atomic E-state index is -0.257. The maximum Gasteiger partial charge on any atom is 0.136 e. The summed E-state index contributed by atoms with van der Waals surface area (Å²) in [5, 5.41) is 9.77. The monoisotopic (exact) mass is 288 g/mol. The van der Waals surface area contributed by atoms with Crippen LogP contribution in [0.1, 0.15) is 30.4 Å². The lowest BCUT2D eigenvalue weighted by molar-refractivity contribution is 0.236. The van der Waals surface area contributed by atoms with Crippen LogP contribution in [0.4, 0.5) is 0 Å². The molecule has 0 spiro atoms. The molecule has 5 rings (SSSR count). The molecule has 0 radical (unpaired) electrons. The highest BCUT2D eigenvalue weighted by Crippen LogP contribution is 2.62. The molecule has 0 unspecified atom stereocenters. The van der Waals surface area contributed by atoms with E-state index in [2.05, 4.69) is 60.7 Å². The van der Waals surface area contributed by atoms with Crippen molar-refractivity contribution in [3.05, 3.63) is 71.8 Å². The van der Waals surface area contributed by atoms with E-state index in [1.807, 2.05) is 0 Å². The average molecular weight is 288 g/mol. The number of fused-ring (bicyclic) bond motifs is 5. The molecular weight excluding hydrogens is 268 g/mol. The van der Waals surface area contributed by atoms with Crippen LogP contribution in [0.3, 0.4) is 0 Å². The fraction of sp³-hybridized carbons (Fsp3) is 0.400. The largest absolute Gasteiger partial charge is 0.189 e. The van der Waals surface area contributed by atoms with E-state index in [0.29, 0.717) is 12.0 Å². The van der Waals surface area contributed by atoms with E-state index in [0.717, 1.165) is 11.8 Å². The third-order valence-corrected chi connectivity index (χ3v) is 6.13. The molecule has 2 bridgehead atoms. The Balaban J connectivity index is 1.73. The van der Waals surface area contributed by atoms with Gasteiger partial charge in [-0.15, -0.1) is 0 Å². The van der Waals surface area contributed by atoms with E-state index in [1.165, 1.54) is 30.4 Å². The second kappa shape index (κ2) is 4.52. The Labute approximate surface area is 131 Å². The summed E-state index contributed by atoms with van der Waals surface area (Å²) < 4.78 is 0. The van der Waals surface area contributed by atoms with Crippen LogP contribution in [0, 0.1) is 17.8 Å². The van der Waals surface area contributed by atoms with E-state index in [4.69, 9.17) is 10.2 Å². The maximum atomic E-state index is 4.96. The van der Waals surface area contributed by atoms with E-state index in [9.17, 15) is 0 Å². The lowest BCUT2D eigenvalue weighted by atomic mass is 9.66. The third-order valence-electron chi connectivity index (χ3n) is 6.13. The number of azo groups is 1. The summed E-state index contributed by atoms with van der Waals surface area (Å²) >= 11 is 0. The van der Waals surface area contributed by atoms with E-state index in [-0.39, 0.29) is 5.54 Å². The molecule has 2 saturated carbocycles. The van der Waals surface area contributed by atoms with Gasteiger partial charge in [0, 0.05) is 5.92 Å². The number of hydrogen-bond donors (Lipinski definition) is 0. The minimum absolute atomic E-state index is 0.257. The van der Waals surface area contributed by atoms with E-state index >= 15 is 0 Å². The zero-order valence-corrected chi connectivity index (χ0v) is 12.6. The molecule has 3 aliphatic rings. The fourth-order valence-corrected chi connectivity index (χ4v) is 5.29. The van der Waals surface area contributed by atoms with Crippen molar-refractivity contribution in [3.8, 4) is 0 Å². The lowest BCUT2D eigenvalue weighted by Gasteiger charge is -2.37. The van der Waals surface area contributed by atoms with E-state index < -0.39 is 0 Å². The van der Waals surface area contributed by atoms with Gasteiger partial charge in [0.25, 0.3) is 0 Å². The first kappa shape index (κ1) is 12.6. The zero-order chi connectivity index (χ0) is 14.6. The predicted octanol–water partition coefficient (Wildman–Crippen LogP) is 4.81. The summed E-state index contributed by atoms with van der Waals surface area (Å²) in [6.45, 7) is 0. The molecule has 2 aliphatic carbocycles. The van der Waals surface area contributed by atoms with Crippen molar-refractivity contribution in [1.29, 1.82) is 0 Å². The van der Waals surface area contributed by atoms with Crippen LogP contribution in [0.25, 0.3) is 0 Å². The Morgan fingerprint density at radius 3 is 2.00 bits per heavy atom. The molecule has 2 nitrogen and oxygen atoms in total. The van der Waals surface area contributed by atoms with Gasteiger partial charge in [0.1, 0.15) is 5.54 Å². The van der Waals surface area contributed by atoms with Gasteiger partial charge < -0.3 is 0 Å². The fourth-order valence-electron chi connectivity index (χ4n) is 5.29. The summed E-state index contributed by atoms with van der Waals surface area (Å²) in [6.07, 6.45) is 4.07. The number of nitrogens with zero attached hydrogens (tertiary/aromatic N) is 2. The Bertz CT molecular complexity index is 668. The van der Waals surface area contributed by atoms with Crippen molar-refractivity contribution >= 4 is 0 Å². The van der Waals surface area contributed by atoms with Crippen LogP contribution < -0.4 is 0 Å². The topological polar surface area (TPSA) is 24.7 Å². The molecule has 0 aromatic heterocycles. The van der Waals surface area contributed by atoms with Crippen molar-refractivity contribution in [1.82, 2.24) is 0 Å². The molecule has 0 amide bonds. The first-order valence-electron chi connectivity index (χ1n) is 8.42. The quantitative estimate of drug-likeness (QED) is 0.757. The van der Waals surface area contributed by atoms with Crippen LogP contribution in [-0.4, -0.2) is 6.04 Å². The SMILES string of the molecule is c1ccc(C2(c3ccccc3)N=N[C@H]3[C@H]4CC[C@@H](C4)[C@H]32)cc1. The maximum absolute atomic E-state index is 4.96. The van der Waals surface area contributed by atoms with Gasteiger partial charge in [0.15, 0.2) is 0 Å². The summed E-state index contributed by atoms with van der Waals surface area (Å²) in [4.78, 5) is 0.